The van der Waals surface area contributed by atoms with Gasteiger partial charge in [0, 0.05) is 35.7 Å². The van der Waals surface area contributed by atoms with Gasteiger partial charge in [-0.1, -0.05) is 17.7 Å². The first-order valence-electron chi connectivity index (χ1n) is 10.7. The third-order valence-corrected chi connectivity index (χ3v) is 6.57. The topological polar surface area (TPSA) is 64.9 Å². The summed E-state index contributed by atoms with van der Waals surface area (Å²) in [6, 6.07) is 12.2. The van der Waals surface area contributed by atoms with Crippen LogP contribution in [0.3, 0.4) is 0 Å². The number of hydrogen-bond donors (Lipinski definition) is 1. The largest absolute Gasteiger partial charge is 0.474 e. The van der Waals surface area contributed by atoms with E-state index in [9.17, 15) is 0 Å². The molecule has 1 saturated carbocycles. The normalized spacial score (nSPS) is 23.3. The summed E-state index contributed by atoms with van der Waals surface area (Å²) in [5.74, 6) is 3.20. The lowest BCUT2D eigenvalue weighted by Gasteiger charge is -2.28. The number of aryl methyl sites for hydroxylation is 1. The van der Waals surface area contributed by atoms with Gasteiger partial charge >= 0.3 is 0 Å². The molecule has 1 aromatic carbocycles. The molecule has 156 valence electrons. The molecular weight excluding hydrogens is 398 g/mol. The van der Waals surface area contributed by atoms with Crippen molar-refractivity contribution >= 4 is 11.6 Å². The van der Waals surface area contributed by atoms with Gasteiger partial charge in [-0.3, -0.25) is 4.57 Å². The van der Waals surface area contributed by atoms with Crippen molar-refractivity contribution in [2.75, 3.05) is 7.05 Å². The van der Waals surface area contributed by atoms with Gasteiger partial charge in [-0.05, 0) is 69.0 Å². The molecule has 1 unspecified atom stereocenters. The average Bonchev–Trinajstić information content (AvgIpc) is 3.13. The van der Waals surface area contributed by atoms with Gasteiger partial charge in [-0.15, -0.1) is 10.2 Å². The molecule has 1 fully saturated rings. The van der Waals surface area contributed by atoms with Crippen molar-refractivity contribution in [3.8, 4) is 11.6 Å². The molecule has 3 aromatic rings. The fraction of sp³-hybridized carbons (Fsp3) is 0.435. The van der Waals surface area contributed by atoms with Crippen LogP contribution in [0.25, 0.3) is 5.69 Å². The molecule has 5 rings (SSSR count). The third kappa shape index (κ3) is 3.70. The van der Waals surface area contributed by atoms with E-state index in [0.29, 0.717) is 11.8 Å². The number of ether oxygens (including phenoxy) is 1. The van der Waals surface area contributed by atoms with Crippen LogP contribution in [0.2, 0.25) is 5.02 Å². The van der Waals surface area contributed by atoms with E-state index in [1.165, 1.54) is 5.56 Å². The van der Waals surface area contributed by atoms with Gasteiger partial charge in [-0.2, -0.15) is 0 Å². The lowest BCUT2D eigenvalue weighted by atomic mass is 9.86. The summed E-state index contributed by atoms with van der Waals surface area (Å²) < 4.78 is 8.36. The Kier molecular flexibility index (Phi) is 5.44. The zero-order valence-corrected chi connectivity index (χ0v) is 17.8. The minimum Gasteiger partial charge on any atom is -0.474 e. The monoisotopic (exact) mass is 423 g/mol. The second-order valence-corrected chi connectivity index (χ2v) is 8.59. The molecule has 0 bridgehead atoms. The Balaban J connectivity index is 1.39. The summed E-state index contributed by atoms with van der Waals surface area (Å²) in [5, 5.41) is 13.4. The number of fused-ring (bicyclic) bond motifs is 3. The third-order valence-electron chi connectivity index (χ3n) is 6.33. The molecule has 6 nitrogen and oxygen atoms in total. The zero-order chi connectivity index (χ0) is 20.5. The van der Waals surface area contributed by atoms with Crippen molar-refractivity contribution in [1.29, 1.82) is 0 Å². The van der Waals surface area contributed by atoms with Crippen LogP contribution >= 0.6 is 11.6 Å². The molecule has 1 N–H and O–H groups in total. The quantitative estimate of drug-likeness (QED) is 0.662. The molecule has 0 spiro atoms. The van der Waals surface area contributed by atoms with Crippen molar-refractivity contribution in [1.82, 2.24) is 25.1 Å². The number of nitrogens with one attached hydrogen (secondary N) is 1. The molecule has 0 saturated heterocycles. The second-order valence-electron chi connectivity index (χ2n) is 8.15. The van der Waals surface area contributed by atoms with Gasteiger partial charge in [0.05, 0.1) is 5.69 Å². The summed E-state index contributed by atoms with van der Waals surface area (Å²) in [5.41, 5.74) is 2.37. The first-order valence-corrected chi connectivity index (χ1v) is 11.1. The molecule has 3 heterocycles. The molecule has 1 atom stereocenters. The highest BCUT2D eigenvalue weighted by Crippen LogP contribution is 2.38. The second kappa shape index (κ2) is 8.36. The van der Waals surface area contributed by atoms with Gasteiger partial charge in [0.25, 0.3) is 0 Å². The summed E-state index contributed by atoms with van der Waals surface area (Å²) in [7, 11) is 2.01. The first-order chi connectivity index (χ1) is 14.7. The zero-order valence-electron chi connectivity index (χ0n) is 17.1. The Morgan fingerprint density at radius 3 is 2.70 bits per heavy atom. The predicted molar refractivity (Wildman–Crippen MR) is 116 cm³/mol. The van der Waals surface area contributed by atoms with Crippen LogP contribution in [-0.4, -0.2) is 32.9 Å². The average molecular weight is 424 g/mol. The molecule has 0 amide bonds. The predicted octanol–water partition coefficient (Wildman–Crippen LogP) is 4.63. The maximum Gasteiger partial charge on any atom is 0.213 e. The van der Waals surface area contributed by atoms with Gasteiger partial charge in [0.1, 0.15) is 17.8 Å². The molecule has 0 radical (unpaired) electrons. The highest BCUT2D eigenvalue weighted by Gasteiger charge is 2.31. The van der Waals surface area contributed by atoms with E-state index in [0.717, 1.165) is 60.9 Å². The number of halogens is 1. The van der Waals surface area contributed by atoms with E-state index in [2.05, 4.69) is 37.2 Å². The number of benzene rings is 1. The van der Waals surface area contributed by atoms with Crippen molar-refractivity contribution in [3.05, 3.63) is 64.8 Å². The van der Waals surface area contributed by atoms with Crippen LogP contribution in [0.1, 0.15) is 61.3 Å². The lowest BCUT2D eigenvalue weighted by molar-refractivity contribution is 0.139. The molecule has 2 aromatic heterocycles. The minimum atomic E-state index is 0.211. The summed E-state index contributed by atoms with van der Waals surface area (Å²) in [6.45, 7) is 0. The maximum atomic E-state index is 6.34. The first kappa shape index (κ1) is 19.5. The van der Waals surface area contributed by atoms with Gasteiger partial charge in [0.15, 0.2) is 0 Å². The smallest absolute Gasteiger partial charge is 0.213 e. The Morgan fingerprint density at radius 1 is 1.07 bits per heavy atom. The molecule has 1 aliphatic carbocycles. The Bertz CT molecular complexity index is 1010. The minimum absolute atomic E-state index is 0.211. The number of hydrogen-bond acceptors (Lipinski definition) is 5. The van der Waals surface area contributed by atoms with E-state index >= 15 is 0 Å². The summed E-state index contributed by atoms with van der Waals surface area (Å²) in [4.78, 5) is 4.29. The van der Waals surface area contributed by atoms with E-state index in [1.54, 1.807) is 6.20 Å². The fourth-order valence-electron chi connectivity index (χ4n) is 4.78. The van der Waals surface area contributed by atoms with Crippen LogP contribution < -0.4 is 10.1 Å². The van der Waals surface area contributed by atoms with Crippen LogP contribution in [0.5, 0.6) is 5.88 Å². The van der Waals surface area contributed by atoms with Crippen molar-refractivity contribution in [2.24, 2.45) is 0 Å². The van der Waals surface area contributed by atoms with Crippen LogP contribution in [-0.2, 0) is 6.42 Å². The number of aromatic nitrogens is 4. The van der Waals surface area contributed by atoms with E-state index in [4.69, 9.17) is 16.3 Å². The summed E-state index contributed by atoms with van der Waals surface area (Å²) >= 11 is 6.34. The van der Waals surface area contributed by atoms with Crippen LogP contribution in [0.4, 0.5) is 0 Å². The van der Waals surface area contributed by atoms with Crippen molar-refractivity contribution in [3.63, 3.8) is 0 Å². The van der Waals surface area contributed by atoms with Gasteiger partial charge < -0.3 is 10.1 Å². The highest BCUT2D eigenvalue weighted by atomic mass is 35.5. The summed E-state index contributed by atoms with van der Waals surface area (Å²) in [6.07, 6.45) is 7.92. The number of rotatable bonds is 4. The molecule has 1 aliphatic heterocycles. The van der Waals surface area contributed by atoms with Crippen LogP contribution in [0.15, 0.2) is 42.6 Å². The van der Waals surface area contributed by atoms with Crippen molar-refractivity contribution < 1.29 is 4.74 Å². The Morgan fingerprint density at radius 2 is 1.93 bits per heavy atom. The van der Waals surface area contributed by atoms with Crippen molar-refractivity contribution in [2.45, 2.75) is 56.6 Å². The maximum absolute atomic E-state index is 6.34. The van der Waals surface area contributed by atoms with Crippen LogP contribution in [0, 0.1) is 0 Å². The number of nitrogens with zero attached hydrogens (tertiary/aromatic N) is 4. The SMILES string of the molecule is CNC1CCc2nnc(C3CCC(Oc4ccccn4)CC3)n2-c2ccc(Cl)cc21. The van der Waals surface area contributed by atoms with E-state index in [-0.39, 0.29) is 12.1 Å². The van der Waals surface area contributed by atoms with E-state index < -0.39 is 0 Å². The Hall–Kier alpha value is -2.44. The standard InChI is InChI=1S/C23H26ClN5O/c1-25-19-10-12-21-27-28-23(29(21)20-11-7-16(24)14-18(19)20)15-5-8-17(9-6-15)30-22-4-2-3-13-26-22/h2-4,7,11,13-15,17,19,25H,5-6,8-10,12H2,1H3. The molecule has 7 heteroatoms. The number of pyridine rings is 1. The van der Waals surface area contributed by atoms with Gasteiger partial charge in [0.2, 0.25) is 5.88 Å². The molecule has 30 heavy (non-hydrogen) atoms. The van der Waals surface area contributed by atoms with E-state index in [1.807, 2.05) is 31.3 Å². The molecular formula is C23H26ClN5O. The molecule has 2 aliphatic rings. The lowest BCUT2D eigenvalue weighted by Crippen LogP contribution is -2.25. The van der Waals surface area contributed by atoms with Gasteiger partial charge in [-0.25, -0.2) is 4.98 Å². The highest BCUT2D eigenvalue weighted by molar-refractivity contribution is 6.30. The Labute approximate surface area is 181 Å². The fourth-order valence-corrected chi connectivity index (χ4v) is 4.96.